The number of β-amino-alcohol motifs (C(OH)–C–C–N with tert-alkyl or cyclic N) is 1. The molecular weight excluding hydrogens is 266 g/mol. The summed E-state index contributed by atoms with van der Waals surface area (Å²) in [5.41, 5.74) is 7.88. The lowest BCUT2D eigenvalue weighted by atomic mass is 10.2. The van der Waals surface area contributed by atoms with Crippen LogP contribution < -0.4 is 15.4 Å². The largest absolute Gasteiger partial charge is 0.493 e. The zero-order valence-corrected chi connectivity index (χ0v) is 12.9. The molecular formula is C16H27N3O2. The number of rotatable bonds is 6. The molecule has 21 heavy (non-hydrogen) atoms. The summed E-state index contributed by atoms with van der Waals surface area (Å²) in [6, 6.07) is 5.98. The molecule has 1 aliphatic rings. The third kappa shape index (κ3) is 4.79. The molecule has 2 rings (SSSR count). The van der Waals surface area contributed by atoms with Crippen LogP contribution in [-0.4, -0.2) is 55.9 Å². The molecule has 1 saturated heterocycles. The van der Waals surface area contributed by atoms with Gasteiger partial charge in [-0.3, -0.25) is 4.90 Å². The monoisotopic (exact) mass is 293 g/mol. The summed E-state index contributed by atoms with van der Waals surface area (Å²) in [5.74, 6) is 0.850. The molecule has 5 heteroatoms. The molecule has 3 N–H and O–H groups in total. The molecule has 1 fully saturated rings. The Hall–Kier alpha value is -1.46. The summed E-state index contributed by atoms with van der Waals surface area (Å²) in [6.07, 6.45) is 2.09. The topological polar surface area (TPSA) is 62.0 Å². The van der Waals surface area contributed by atoms with Crippen molar-refractivity contribution in [1.29, 1.82) is 0 Å². The van der Waals surface area contributed by atoms with Gasteiger partial charge in [-0.2, -0.15) is 0 Å². The van der Waals surface area contributed by atoms with Crippen molar-refractivity contribution in [1.82, 2.24) is 4.90 Å². The average molecular weight is 293 g/mol. The standard InChI is InChI=1S/C16H27N3O2/c1-2-10-21-16-12-14(17)11-15(13-16)19-5-3-4-18(6-7-19)8-9-20/h11-13,20H,2-10,17H2,1H3. The number of aliphatic hydroxyl groups excluding tert-OH is 1. The van der Waals surface area contributed by atoms with Crippen molar-refractivity contribution >= 4 is 11.4 Å². The van der Waals surface area contributed by atoms with Crippen LogP contribution in [0.4, 0.5) is 11.4 Å². The quantitative estimate of drug-likeness (QED) is 0.780. The fourth-order valence-electron chi connectivity index (χ4n) is 2.69. The third-order valence-corrected chi connectivity index (χ3v) is 3.76. The smallest absolute Gasteiger partial charge is 0.123 e. The summed E-state index contributed by atoms with van der Waals surface area (Å²) in [7, 11) is 0. The van der Waals surface area contributed by atoms with Crippen LogP contribution in [0.2, 0.25) is 0 Å². The van der Waals surface area contributed by atoms with E-state index in [1.807, 2.05) is 12.1 Å². The normalized spacial score (nSPS) is 16.8. The van der Waals surface area contributed by atoms with Crippen molar-refractivity contribution in [2.45, 2.75) is 19.8 Å². The maximum atomic E-state index is 9.06. The van der Waals surface area contributed by atoms with Crippen LogP contribution in [0, 0.1) is 0 Å². The summed E-state index contributed by atoms with van der Waals surface area (Å²) in [4.78, 5) is 4.66. The van der Waals surface area contributed by atoms with Crippen LogP contribution >= 0.6 is 0 Å². The molecule has 118 valence electrons. The first kappa shape index (κ1) is 15.9. The van der Waals surface area contributed by atoms with Gasteiger partial charge in [0.25, 0.3) is 0 Å². The van der Waals surface area contributed by atoms with Crippen LogP contribution in [0.3, 0.4) is 0 Å². The van der Waals surface area contributed by atoms with Crippen LogP contribution in [0.1, 0.15) is 19.8 Å². The molecule has 0 amide bonds. The van der Waals surface area contributed by atoms with Crippen molar-refractivity contribution in [2.75, 3.05) is 56.6 Å². The average Bonchev–Trinajstić information content (AvgIpc) is 2.71. The van der Waals surface area contributed by atoms with Gasteiger partial charge in [-0.1, -0.05) is 6.92 Å². The molecule has 0 aromatic heterocycles. The number of hydrogen-bond acceptors (Lipinski definition) is 5. The van der Waals surface area contributed by atoms with Gasteiger partial charge in [-0.05, 0) is 25.5 Å². The van der Waals surface area contributed by atoms with E-state index in [1.54, 1.807) is 0 Å². The van der Waals surface area contributed by atoms with E-state index in [4.69, 9.17) is 15.6 Å². The van der Waals surface area contributed by atoms with E-state index in [0.29, 0.717) is 6.61 Å². The first-order valence-electron chi connectivity index (χ1n) is 7.84. The maximum Gasteiger partial charge on any atom is 0.123 e. The Kier molecular flexibility index (Phi) is 6.14. The highest BCUT2D eigenvalue weighted by Crippen LogP contribution is 2.26. The van der Waals surface area contributed by atoms with Crippen LogP contribution in [-0.2, 0) is 0 Å². The van der Waals surface area contributed by atoms with Gasteiger partial charge < -0.3 is 20.5 Å². The minimum atomic E-state index is 0.229. The van der Waals surface area contributed by atoms with Crippen molar-refractivity contribution in [3.05, 3.63) is 18.2 Å². The molecule has 0 aliphatic carbocycles. The lowest BCUT2D eigenvalue weighted by Gasteiger charge is -2.24. The fourth-order valence-corrected chi connectivity index (χ4v) is 2.69. The first-order valence-corrected chi connectivity index (χ1v) is 7.84. The van der Waals surface area contributed by atoms with Crippen LogP contribution in [0.25, 0.3) is 0 Å². The fraction of sp³-hybridized carbons (Fsp3) is 0.625. The third-order valence-electron chi connectivity index (χ3n) is 3.76. The predicted octanol–water partition coefficient (Wildman–Crippen LogP) is 1.56. The second kappa shape index (κ2) is 8.10. The van der Waals surface area contributed by atoms with Gasteiger partial charge in [-0.15, -0.1) is 0 Å². The minimum Gasteiger partial charge on any atom is -0.493 e. The van der Waals surface area contributed by atoms with E-state index in [0.717, 1.165) is 62.7 Å². The molecule has 0 saturated carbocycles. The van der Waals surface area contributed by atoms with Crippen molar-refractivity contribution in [2.24, 2.45) is 0 Å². The number of nitrogens with zero attached hydrogens (tertiary/aromatic N) is 2. The zero-order chi connectivity index (χ0) is 15.1. The van der Waals surface area contributed by atoms with E-state index in [-0.39, 0.29) is 6.61 Å². The van der Waals surface area contributed by atoms with Crippen molar-refractivity contribution in [3.63, 3.8) is 0 Å². The molecule has 1 aromatic rings. The Morgan fingerprint density at radius 2 is 2.05 bits per heavy atom. The SMILES string of the molecule is CCCOc1cc(N)cc(N2CCCN(CCO)CC2)c1. The summed E-state index contributed by atoms with van der Waals surface area (Å²) >= 11 is 0. The molecule has 1 heterocycles. The minimum absolute atomic E-state index is 0.229. The number of aliphatic hydroxyl groups is 1. The van der Waals surface area contributed by atoms with Crippen molar-refractivity contribution < 1.29 is 9.84 Å². The lowest BCUT2D eigenvalue weighted by Crippen LogP contribution is -2.32. The Bertz CT molecular complexity index is 440. The molecule has 1 aromatic carbocycles. The second-order valence-corrected chi connectivity index (χ2v) is 5.51. The van der Waals surface area contributed by atoms with E-state index < -0.39 is 0 Å². The van der Waals surface area contributed by atoms with Gasteiger partial charge in [-0.25, -0.2) is 0 Å². The summed E-state index contributed by atoms with van der Waals surface area (Å²) in [6.45, 7) is 7.78. The van der Waals surface area contributed by atoms with E-state index in [9.17, 15) is 0 Å². The number of nitrogen functional groups attached to an aromatic ring is 1. The second-order valence-electron chi connectivity index (χ2n) is 5.51. The van der Waals surface area contributed by atoms with Gasteiger partial charge in [0.05, 0.1) is 13.2 Å². The molecule has 0 radical (unpaired) electrons. The van der Waals surface area contributed by atoms with E-state index in [2.05, 4.69) is 22.8 Å². The number of hydrogen-bond donors (Lipinski definition) is 2. The van der Waals surface area contributed by atoms with Gasteiger partial charge in [0.15, 0.2) is 0 Å². The molecule has 1 aliphatic heterocycles. The highest BCUT2D eigenvalue weighted by molar-refractivity contribution is 5.60. The number of nitrogens with two attached hydrogens (primary N) is 1. The number of benzene rings is 1. The highest BCUT2D eigenvalue weighted by Gasteiger charge is 2.15. The van der Waals surface area contributed by atoms with Gasteiger partial charge in [0.2, 0.25) is 0 Å². The Morgan fingerprint density at radius 1 is 1.19 bits per heavy atom. The van der Waals surface area contributed by atoms with Gasteiger partial charge in [0.1, 0.15) is 5.75 Å². The van der Waals surface area contributed by atoms with Crippen molar-refractivity contribution in [3.8, 4) is 5.75 Å². The first-order chi connectivity index (χ1) is 10.2. The van der Waals surface area contributed by atoms with Crippen LogP contribution in [0.5, 0.6) is 5.75 Å². The van der Waals surface area contributed by atoms with Gasteiger partial charge >= 0.3 is 0 Å². The summed E-state index contributed by atoms with van der Waals surface area (Å²) < 4.78 is 5.71. The zero-order valence-electron chi connectivity index (χ0n) is 12.9. The Balaban J connectivity index is 2.04. The van der Waals surface area contributed by atoms with E-state index in [1.165, 1.54) is 0 Å². The molecule has 0 bridgehead atoms. The Labute approximate surface area is 127 Å². The van der Waals surface area contributed by atoms with E-state index >= 15 is 0 Å². The highest BCUT2D eigenvalue weighted by atomic mass is 16.5. The summed E-state index contributed by atoms with van der Waals surface area (Å²) in [5, 5.41) is 9.06. The predicted molar refractivity (Wildman–Crippen MR) is 87.0 cm³/mol. The molecule has 5 nitrogen and oxygen atoms in total. The van der Waals surface area contributed by atoms with Gasteiger partial charge in [0, 0.05) is 49.7 Å². The number of anilines is 2. The molecule has 0 atom stereocenters. The lowest BCUT2D eigenvalue weighted by molar-refractivity contribution is 0.204. The molecule has 0 spiro atoms. The Morgan fingerprint density at radius 3 is 2.81 bits per heavy atom. The van der Waals surface area contributed by atoms with Crippen LogP contribution in [0.15, 0.2) is 18.2 Å². The molecule has 0 unspecified atom stereocenters. The number of ether oxygens (including phenoxy) is 1. The maximum absolute atomic E-state index is 9.06.